The van der Waals surface area contributed by atoms with Gasteiger partial charge in [0.1, 0.15) is 11.6 Å². The minimum atomic E-state index is -0.236. The van der Waals surface area contributed by atoms with Gasteiger partial charge in [0.2, 0.25) is 0 Å². The van der Waals surface area contributed by atoms with Crippen LogP contribution in [-0.4, -0.2) is 32.2 Å². The number of benzene rings is 2. The predicted molar refractivity (Wildman–Crippen MR) is 173 cm³/mol. The van der Waals surface area contributed by atoms with Crippen molar-refractivity contribution in [2.45, 2.75) is 32.9 Å². The van der Waals surface area contributed by atoms with Crippen molar-refractivity contribution in [3.8, 4) is 11.6 Å². The summed E-state index contributed by atoms with van der Waals surface area (Å²) < 4.78 is 7.77. The van der Waals surface area contributed by atoms with E-state index >= 15 is 0 Å². The van der Waals surface area contributed by atoms with Gasteiger partial charge >= 0.3 is 0 Å². The number of hydrogen-bond acceptors (Lipinski definition) is 5. The van der Waals surface area contributed by atoms with Gasteiger partial charge in [-0.3, -0.25) is 9.78 Å². The second-order valence-corrected chi connectivity index (χ2v) is 10.9. The average molecular weight is 589 g/mol. The zero-order chi connectivity index (χ0) is 29.9. The molecule has 0 spiro atoms. The molecule has 5 aromatic rings. The molecule has 1 fully saturated rings. The van der Waals surface area contributed by atoms with Crippen LogP contribution in [0.5, 0.6) is 5.75 Å². The van der Waals surface area contributed by atoms with Gasteiger partial charge < -0.3 is 24.8 Å². The quantitative estimate of drug-likeness (QED) is 0.203. The van der Waals surface area contributed by atoms with Crippen LogP contribution in [0.25, 0.3) is 5.82 Å². The summed E-state index contributed by atoms with van der Waals surface area (Å²) in [5.74, 6) is 1.29. The van der Waals surface area contributed by atoms with E-state index < -0.39 is 0 Å². The van der Waals surface area contributed by atoms with E-state index in [0.717, 1.165) is 39.7 Å². The van der Waals surface area contributed by atoms with Crippen molar-refractivity contribution in [1.82, 2.24) is 19.9 Å². The molecular formula is C34H32N6O2S. The van der Waals surface area contributed by atoms with E-state index in [4.69, 9.17) is 17.0 Å². The number of anilines is 2. The average Bonchev–Trinajstić information content (AvgIpc) is 3.52. The minimum Gasteiger partial charge on any atom is -0.484 e. The topological polar surface area (TPSA) is 84.3 Å². The number of aryl methyl sites for hydroxylation is 2. The Morgan fingerprint density at radius 2 is 1.70 bits per heavy atom. The minimum absolute atomic E-state index is 0.0782. The molecule has 1 aliphatic heterocycles. The van der Waals surface area contributed by atoms with Crippen molar-refractivity contribution >= 4 is 34.6 Å². The fraction of sp³-hybridized carbons (Fsp3) is 0.176. The van der Waals surface area contributed by atoms with Crippen LogP contribution >= 0.6 is 12.2 Å². The lowest BCUT2D eigenvalue weighted by Crippen LogP contribution is -2.29. The molecule has 9 heteroatoms. The number of thiocarbonyl (C=S) groups is 1. The maximum absolute atomic E-state index is 12.5. The molecule has 2 N–H and O–H groups in total. The Bertz CT molecular complexity index is 1760. The zero-order valence-electron chi connectivity index (χ0n) is 24.2. The summed E-state index contributed by atoms with van der Waals surface area (Å²) in [4.78, 5) is 24.0. The number of hydrogen-bond donors (Lipinski definition) is 2. The molecule has 2 atom stereocenters. The summed E-state index contributed by atoms with van der Waals surface area (Å²) in [7, 11) is 0. The first-order valence-corrected chi connectivity index (χ1v) is 14.5. The van der Waals surface area contributed by atoms with Crippen LogP contribution in [0.4, 0.5) is 11.4 Å². The summed E-state index contributed by atoms with van der Waals surface area (Å²) >= 11 is 5.94. The number of carbonyl (C=O) groups excluding carboxylic acids is 1. The highest BCUT2D eigenvalue weighted by Gasteiger charge is 2.42. The van der Waals surface area contributed by atoms with Crippen molar-refractivity contribution < 1.29 is 9.53 Å². The van der Waals surface area contributed by atoms with Crippen molar-refractivity contribution in [2.24, 2.45) is 0 Å². The Kier molecular flexibility index (Phi) is 7.89. The summed E-state index contributed by atoms with van der Waals surface area (Å²) in [5, 5.41) is 7.05. The number of ether oxygens (including phenoxy) is 1. The lowest BCUT2D eigenvalue weighted by atomic mass is 9.96. The fourth-order valence-electron chi connectivity index (χ4n) is 5.60. The largest absolute Gasteiger partial charge is 0.484 e. The van der Waals surface area contributed by atoms with E-state index in [1.165, 1.54) is 0 Å². The molecule has 0 radical (unpaired) electrons. The maximum atomic E-state index is 12.5. The van der Waals surface area contributed by atoms with Gasteiger partial charge in [-0.2, -0.15) is 0 Å². The summed E-state index contributed by atoms with van der Waals surface area (Å²) in [6.45, 7) is 6.21. The van der Waals surface area contributed by atoms with Crippen LogP contribution < -0.4 is 20.3 Å². The van der Waals surface area contributed by atoms with Crippen LogP contribution in [0.15, 0.2) is 103 Å². The van der Waals surface area contributed by atoms with Gasteiger partial charge in [0.25, 0.3) is 5.91 Å². The Labute approximate surface area is 256 Å². The van der Waals surface area contributed by atoms with E-state index in [1.807, 2.05) is 85.1 Å². The van der Waals surface area contributed by atoms with Gasteiger partial charge in [-0.1, -0.05) is 24.3 Å². The van der Waals surface area contributed by atoms with Gasteiger partial charge in [0.05, 0.1) is 17.8 Å². The number of amides is 1. The molecule has 0 aliphatic carbocycles. The fourth-order valence-corrected chi connectivity index (χ4v) is 5.95. The number of rotatable bonds is 8. The molecule has 4 heterocycles. The van der Waals surface area contributed by atoms with Crippen molar-refractivity contribution in [2.75, 3.05) is 16.8 Å². The highest BCUT2D eigenvalue weighted by molar-refractivity contribution is 7.80. The highest BCUT2D eigenvalue weighted by Crippen LogP contribution is 2.43. The lowest BCUT2D eigenvalue weighted by Gasteiger charge is -2.28. The molecule has 43 heavy (non-hydrogen) atoms. The second-order valence-electron chi connectivity index (χ2n) is 10.5. The first-order valence-electron chi connectivity index (χ1n) is 14.1. The predicted octanol–water partition coefficient (Wildman–Crippen LogP) is 6.39. The van der Waals surface area contributed by atoms with Crippen LogP contribution in [0.2, 0.25) is 0 Å². The second kappa shape index (κ2) is 12.1. The van der Waals surface area contributed by atoms with Gasteiger partial charge in [-0.15, -0.1) is 0 Å². The van der Waals surface area contributed by atoms with Gasteiger partial charge in [0, 0.05) is 35.2 Å². The van der Waals surface area contributed by atoms with Crippen LogP contribution in [-0.2, 0) is 4.79 Å². The van der Waals surface area contributed by atoms with Gasteiger partial charge in [-0.05, 0) is 111 Å². The summed E-state index contributed by atoms with van der Waals surface area (Å²) in [6, 6.07) is 28.8. The molecule has 216 valence electrons. The Morgan fingerprint density at radius 3 is 2.42 bits per heavy atom. The molecule has 0 bridgehead atoms. The van der Waals surface area contributed by atoms with Crippen molar-refractivity contribution in [1.29, 1.82) is 0 Å². The molecular weight excluding hydrogens is 556 g/mol. The smallest absolute Gasteiger partial charge is 0.262 e. The molecule has 0 unspecified atom stereocenters. The third kappa shape index (κ3) is 5.85. The van der Waals surface area contributed by atoms with Gasteiger partial charge in [0.15, 0.2) is 11.7 Å². The molecule has 6 rings (SSSR count). The first-order chi connectivity index (χ1) is 20.9. The normalized spacial score (nSPS) is 16.2. The van der Waals surface area contributed by atoms with Crippen LogP contribution in [0.1, 0.15) is 40.3 Å². The Morgan fingerprint density at radius 1 is 0.930 bits per heavy atom. The van der Waals surface area contributed by atoms with Crippen LogP contribution in [0.3, 0.4) is 0 Å². The molecule has 2 aromatic carbocycles. The maximum Gasteiger partial charge on any atom is 0.262 e. The lowest BCUT2D eigenvalue weighted by molar-refractivity contribution is -0.118. The number of nitrogens with zero attached hydrogens (tertiary/aromatic N) is 4. The molecule has 1 aliphatic rings. The molecule has 8 nitrogen and oxygen atoms in total. The Balaban J connectivity index is 1.31. The third-order valence-corrected chi connectivity index (χ3v) is 7.87. The first kappa shape index (κ1) is 28.1. The van der Waals surface area contributed by atoms with E-state index in [9.17, 15) is 4.79 Å². The number of pyridine rings is 2. The molecule has 3 aromatic heterocycles. The highest BCUT2D eigenvalue weighted by atomic mass is 32.1. The third-order valence-electron chi connectivity index (χ3n) is 7.56. The van der Waals surface area contributed by atoms with Crippen LogP contribution in [0, 0.1) is 20.8 Å². The zero-order valence-corrected chi connectivity index (χ0v) is 25.0. The summed E-state index contributed by atoms with van der Waals surface area (Å²) in [6.07, 6.45) is 3.64. The summed E-state index contributed by atoms with van der Waals surface area (Å²) in [5.41, 5.74) is 6.91. The van der Waals surface area contributed by atoms with Gasteiger partial charge in [-0.25, -0.2) is 4.98 Å². The van der Waals surface area contributed by atoms with E-state index in [-0.39, 0.29) is 24.6 Å². The number of carbonyl (C=O) groups is 1. The number of nitrogens with one attached hydrogen (secondary N) is 2. The number of aromatic nitrogens is 3. The molecule has 0 saturated carbocycles. The van der Waals surface area contributed by atoms with Crippen molar-refractivity contribution in [3.63, 3.8) is 0 Å². The Hall–Kier alpha value is -5.02. The molecule has 1 saturated heterocycles. The van der Waals surface area contributed by atoms with E-state index in [0.29, 0.717) is 16.5 Å². The monoisotopic (exact) mass is 588 g/mol. The number of para-hydroxylation sites is 1. The van der Waals surface area contributed by atoms with E-state index in [1.54, 1.807) is 6.20 Å². The molecule has 1 amide bonds. The standard InChI is InChI=1S/C34H32N6O2S/c1-22-16-18-36-30(19-22)39-23(2)20-28(24(39)3)33-32(29-11-7-8-17-35-29)38-34(43)40(33)26-14-12-25(13-15-26)37-31(41)21-42-27-9-5-4-6-10-27/h4-20,32-33H,21H2,1-3H3,(H,37,41)(H,38,43)/t32-,33+/m0/s1. The van der Waals surface area contributed by atoms with E-state index in [2.05, 4.69) is 63.0 Å². The van der Waals surface area contributed by atoms with Crippen molar-refractivity contribution in [3.05, 3.63) is 132 Å². The SMILES string of the molecule is Cc1ccnc(-n2c(C)cc([C@@H]3[C@H](c4ccccn4)NC(=S)N3c3ccc(NC(=O)COc4ccccc4)cc3)c2C)c1.